The van der Waals surface area contributed by atoms with E-state index in [9.17, 15) is 18.3 Å². The van der Waals surface area contributed by atoms with Gasteiger partial charge < -0.3 is 15.9 Å². The third kappa shape index (κ3) is 2.28. The molecular formula is C10H12F3NO2. The van der Waals surface area contributed by atoms with Gasteiger partial charge in [-0.25, -0.2) is 13.2 Å². The fourth-order valence-corrected chi connectivity index (χ4v) is 1.32. The third-order valence-electron chi connectivity index (χ3n) is 2.24. The van der Waals surface area contributed by atoms with Crippen LogP contribution >= 0.6 is 0 Å². The minimum absolute atomic E-state index is 0.356. The summed E-state index contributed by atoms with van der Waals surface area (Å²) >= 11 is 0. The highest BCUT2D eigenvalue weighted by atomic mass is 19.3. The molecule has 0 heterocycles. The van der Waals surface area contributed by atoms with E-state index in [1.54, 1.807) is 0 Å². The molecule has 1 atom stereocenters. The number of hydrogen-bond donors (Lipinski definition) is 3. The zero-order valence-corrected chi connectivity index (χ0v) is 8.54. The Morgan fingerprint density at radius 1 is 1.44 bits per heavy atom. The Morgan fingerprint density at radius 3 is 2.50 bits per heavy atom. The molecule has 6 heteroatoms. The molecule has 0 unspecified atom stereocenters. The number of halogens is 3. The van der Waals surface area contributed by atoms with Crippen LogP contribution in [0.4, 0.5) is 13.2 Å². The summed E-state index contributed by atoms with van der Waals surface area (Å²) in [5, 5.41) is 17.7. The van der Waals surface area contributed by atoms with Crippen molar-refractivity contribution in [2.45, 2.75) is 18.9 Å². The predicted molar refractivity (Wildman–Crippen MR) is 51.8 cm³/mol. The van der Waals surface area contributed by atoms with Gasteiger partial charge in [0.25, 0.3) is 5.92 Å². The van der Waals surface area contributed by atoms with E-state index in [-0.39, 0.29) is 0 Å². The molecule has 0 spiro atoms. The van der Waals surface area contributed by atoms with Gasteiger partial charge in [-0.3, -0.25) is 0 Å². The Morgan fingerprint density at radius 2 is 2.00 bits per heavy atom. The number of aryl methyl sites for hydroxylation is 1. The van der Waals surface area contributed by atoms with Crippen LogP contribution in [0.25, 0.3) is 0 Å². The number of nitrogens with two attached hydrogens (primary N) is 1. The van der Waals surface area contributed by atoms with E-state index in [4.69, 9.17) is 10.8 Å². The van der Waals surface area contributed by atoms with Crippen LogP contribution in [-0.2, 0) is 0 Å². The highest BCUT2D eigenvalue weighted by molar-refractivity contribution is 5.40. The molecule has 0 amide bonds. The SMILES string of the molecule is Cc1cc(F)c(O)c([C@H](N)C(F)(F)CO)c1. The van der Waals surface area contributed by atoms with Crippen molar-refractivity contribution in [1.82, 2.24) is 0 Å². The van der Waals surface area contributed by atoms with E-state index in [0.717, 1.165) is 12.1 Å². The molecule has 90 valence electrons. The molecule has 0 aliphatic carbocycles. The van der Waals surface area contributed by atoms with Gasteiger partial charge in [-0.1, -0.05) is 6.07 Å². The lowest BCUT2D eigenvalue weighted by Gasteiger charge is -2.22. The molecule has 0 saturated carbocycles. The number of benzene rings is 1. The smallest absolute Gasteiger partial charge is 0.289 e. The molecule has 1 rings (SSSR count). The maximum Gasteiger partial charge on any atom is 0.289 e. The van der Waals surface area contributed by atoms with Gasteiger partial charge in [0.05, 0.1) is 0 Å². The molecule has 0 radical (unpaired) electrons. The van der Waals surface area contributed by atoms with E-state index in [2.05, 4.69) is 0 Å². The fraction of sp³-hybridized carbons (Fsp3) is 0.400. The largest absolute Gasteiger partial charge is 0.505 e. The highest BCUT2D eigenvalue weighted by Gasteiger charge is 2.39. The lowest BCUT2D eigenvalue weighted by Crippen LogP contribution is -2.36. The summed E-state index contributed by atoms with van der Waals surface area (Å²) in [6, 6.07) is 0.210. The summed E-state index contributed by atoms with van der Waals surface area (Å²) in [5.41, 5.74) is 5.12. The maximum absolute atomic E-state index is 13.1. The number of aromatic hydroxyl groups is 1. The number of hydrogen-bond acceptors (Lipinski definition) is 3. The predicted octanol–water partition coefficient (Wildman–Crippen LogP) is 1.47. The van der Waals surface area contributed by atoms with Crippen LogP contribution in [-0.4, -0.2) is 22.7 Å². The Kier molecular flexibility index (Phi) is 3.44. The molecule has 0 saturated heterocycles. The van der Waals surface area contributed by atoms with Crippen LogP contribution in [0.5, 0.6) is 5.75 Å². The molecule has 0 aliphatic heterocycles. The number of aliphatic hydroxyl groups is 1. The minimum Gasteiger partial charge on any atom is -0.505 e. The molecule has 1 aromatic rings. The second-order valence-corrected chi connectivity index (χ2v) is 3.58. The molecule has 0 bridgehead atoms. The number of aliphatic hydroxyl groups excluding tert-OH is 1. The second kappa shape index (κ2) is 4.31. The monoisotopic (exact) mass is 235 g/mol. The van der Waals surface area contributed by atoms with Crippen LogP contribution in [0.3, 0.4) is 0 Å². The molecule has 0 aliphatic rings. The van der Waals surface area contributed by atoms with Crippen LogP contribution in [0.15, 0.2) is 12.1 Å². The number of phenolic OH excluding ortho intramolecular Hbond substituents is 1. The normalized spacial score (nSPS) is 13.9. The summed E-state index contributed by atoms with van der Waals surface area (Å²) in [6.07, 6.45) is 0. The summed E-state index contributed by atoms with van der Waals surface area (Å²) in [5.74, 6) is -5.54. The lowest BCUT2D eigenvalue weighted by atomic mass is 9.98. The van der Waals surface area contributed by atoms with E-state index in [0.29, 0.717) is 5.56 Å². The Hall–Kier alpha value is -1.27. The van der Waals surface area contributed by atoms with E-state index >= 15 is 0 Å². The van der Waals surface area contributed by atoms with Crippen molar-refractivity contribution in [3.8, 4) is 5.75 Å². The van der Waals surface area contributed by atoms with Crippen molar-refractivity contribution < 1.29 is 23.4 Å². The van der Waals surface area contributed by atoms with E-state index < -0.39 is 35.7 Å². The van der Waals surface area contributed by atoms with Crippen molar-refractivity contribution in [1.29, 1.82) is 0 Å². The first-order valence-electron chi connectivity index (χ1n) is 4.53. The zero-order valence-electron chi connectivity index (χ0n) is 8.54. The standard InChI is InChI=1S/C10H12F3NO2/c1-5-2-6(8(16)7(11)3-5)9(14)10(12,13)4-15/h2-3,9,15-16H,4,14H2,1H3/t9-/m0/s1. The van der Waals surface area contributed by atoms with E-state index in [1.807, 2.05) is 0 Å². The molecule has 4 N–H and O–H groups in total. The summed E-state index contributed by atoms with van der Waals surface area (Å²) in [7, 11) is 0. The van der Waals surface area contributed by atoms with Gasteiger partial charge in [0, 0.05) is 5.56 Å². The number of rotatable bonds is 3. The Labute approximate surface area is 90.3 Å². The first kappa shape index (κ1) is 12.8. The molecule has 0 fully saturated rings. The van der Waals surface area contributed by atoms with Gasteiger partial charge in [-0.15, -0.1) is 0 Å². The summed E-state index contributed by atoms with van der Waals surface area (Å²) in [6.45, 7) is 0.0129. The molecule has 1 aromatic carbocycles. The Balaban J connectivity index is 3.23. The average Bonchev–Trinajstić information content (AvgIpc) is 2.22. The molecular weight excluding hydrogens is 223 g/mol. The molecule has 3 nitrogen and oxygen atoms in total. The lowest BCUT2D eigenvalue weighted by molar-refractivity contribution is -0.0716. The molecule has 0 aromatic heterocycles. The van der Waals surface area contributed by atoms with Crippen molar-refractivity contribution in [3.05, 3.63) is 29.1 Å². The topological polar surface area (TPSA) is 66.5 Å². The van der Waals surface area contributed by atoms with Gasteiger partial charge in [-0.2, -0.15) is 0 Å². The average molecular weight is 235 g/mol. The van der Waals surface area contributed by atoms with Gasteiger partial charge in [0.2, 0.25) is 0 Å². The van der Waals surface area contributed by atoms with Crippen molar-refractivity contribution >= 4 is 0 Å². The number of phenols is 1. The van der Waals surface area contributed by atoms with Crippen LogP contribution in [0, 0.1) is 12.7 Å². The highest BCUT2D eigenvalue weighted by Crippen LogP contribution is 2.35. The van der Waals surface area contributed by atoms with Crippen molar-refractivity contribution in [2.24, 2.45) is 5.73 Å². The maximum atomic E-state index is 13.1. The number of alkyl halides is 2. The van der Waals surface area contributed by atoms with Gasteiger partial charge in [0.15, 0.2) is 11.6 Å². The van der Waals surface area contributed by atoms with Crippen molar-refractivity contribution in [2.75, 3.05) is 6.61 Å². The first-order chi connectivity index (χ1) is 7.29. The van der Waals surface area contributed by atoms with Crippen LogP contribution in [0.2, 0.25) is 0 Å². The van der Waals surface area contributed by atoms with Crippen molar-refractivity contribution in [3.63, 3.8) is 0 Å². The summed E-state index contributed by atoms with van der Waals surface area (Å²) < 4.78 is 39.2. The van der Waals surface area contributed by atoms with Gasteiger partial charge in [-0.05, 0) is 18.6 Å². The first-order valence-corrected chi connectivity index (χ1v) is 4.53. The van der Waals surface area contributed by atoms with Gasteiger partial charge >= 0.3 is 0 Å². The summed E-state index contributed by atoms with van der Waals surface area (Å²) in [4.78, 5) is 0. The quantitative estimate of drug-likeness (QED) is 0.743. The fourth-order valence-electron chi connectivity index (χ4n) is 1.32. The molecule has 16 heavy (non-hydrogen) atoms. The van der Waals surface area contributed by atoms with E-state index in [1.165, 1.54) is 6.92 Å². The minimum atomic E-state index is -3.61. The van der Waals surface area contributed by atoms with Crippen LogP contribution < -0.4 is 5.73 Å². The second-order valence-electron chi connectivity index (χ2n) is 3.58. The zero-order chi connectivity index (χ0) is 12.5. The van der Waals surface area contributed by atoms with Gasteiger partial charge in [0.1, 0.15) is 12.6 Å². The Bertz CT molecular complexity index is 396. The van der Waals surface area contributed by atoms with Crippen LogP contribution in [0.1, 0.15) is 17.2 Å². The third-order valence-corrected chi connectivity index (χ3v) is 2.24.